The molecular formula is C32H30Cl2N4O9. The van der Waals surface area contributed by atoms with E-state index in [1.165, 1.54) is 42.7 Å². The van der Waals surface area contributed by atoms with Gasteiger partial charge in [0, 0.05) is 19.4 Å². The van der Waals surface area contributed by atoms with E-state index in [9.17, 15) is 33.9 Å². The summed E-state index contributed by atoms with van der Waals surface area (Å²) in [6.07, 6.45) is 0.914. The number of esters is 1. The topological polar surface area (TPSA) is 190 Å². The van der Waals surface area contributed by atoms with Crippen molar-refractivity contribution in [3.05, 3.63) is 87.8 Å². The van der Waals surface area contributed by atoms with Gasteiger partial charge in [-0.2, -0.15) is 0 Å². The number of phenols is 1. The van der Waals surface area contributed by atoms with Crippen LogP contribution in [-0.2, 0) is 23.9 Å². The number of aromatic hydroxyl groups is 1. The number of carbonyl (C=O) groups excluding carboxylic acids is 6. The van der Waals surface area contributed by atoms with E-state index in [0.717, 1.165) is 10.0 Å². The molecule has 2 fully saturated rings. The Morgan fingerprint density at radius 3 is 2.38 bits per heavy atom. The molecule has 2 saturated heterocycles. The molecular weight excluding hydrogens is 655 g/mol. The van der Waals surface area contributed by atoms with E-state index < -0.39 is 65.9 Å². The summed E-state index contributed by atoms with van der Waals surface area (Å²) < 4.78 is 10.3. The number of halogens is 2. The SMILES string of the molecule is NC(=O)[C@@H]1C[C@@H](C(CC(=O)COC(=O)c2c(Cl)cccc2Cl)c2ccc(O)cc2)CN2C(=O)CC[C@H](NC(=O)c3ccco3)C(=O)N12. The van der Waals surface area contributed by atoms with Crippen LogP contribution < -0.4 is 11.1 Å². The minimum absolute atomic E-state index is 0.0230. The van der Waals surface area contributed by atoms with Crippen molar-refractivity contribution in [3.8, 4) is 5.75 Å². The summed E-state index contributed by atoms with van der Waals surface area (Å²) in [5, 5.41) is 14.8. The van der Waals surface area contributed by atoms with Crippen LogP contribution in [0.15, 0.2) is 65.3 Å². The standard InChI is InChI=1S/C32H30Cl2N4O9/c33-22-3-1-4-23(34)28(22)32(45)47-16-20(40)14-21(17-6-8-19(39)9-7-17)18-13-25(29(35)42)38-31(44)24(10-11-27(41)37(38)15-18)36-30(43)26-5-2-12-46-26/h1-9,12,18,21,24-25,39H,10-11,13-16H2,(H2,35,42)(H,36,43)/t18-,21?,24+,25+/m1/s1. The number of Topliss-reactive ketones (excluding diaryl/α,β-unsaturated/α-hetero) is 1. The van der Waals surface area contributed by atoms with Crippen LogP contribution in [0.2, 0.25) is 10.0 Å². The van der Waals surface area contributed by atoms with E-state index >= 15 is 0 Å². The lowest BCUT2D eigenvalue weighted by atomic mass is 9.77. The van der Waals surface area contributed by atoms with E-state index in [1.54, 1.807) is 18.2 Å². The summed E-state index contributed by atoms with van der Waals surface area (Å²) in [6.45, 7) is -0.688. The highest BCUT2D eigenvalue weighted by Crippen LogP contribution is 2.39. The number of ether oxygens (including phenoxy) is 1. The van der Waals surface area contributed by atoms with Crippen LogP contribution >= 0.6 is 23.2 Å². The van der Waals surface area contributed by atoms with Gasteiger partial charge < -0.3 is 25.3 Å². The number of ketones is 1. The number of fused-ring (bicyclic) bond motifs is 1. The van der Waals surface area contributed by atoms with Crippen molar-refractivity contribution in [2.75, 3.05) is 13.2 Å². The third kappa shape index (κ3) is 7.42. The maximum Gasteiger partial charge on any atom is 0.341 e. The van der Waals surface area contributed by atoms with Crippen LogP contribution in [0, 0.1) is 5.92 Å². The van der Waals surface area contributed by atoms with Crippen molar-refractivity contribution in [2.24, 2.45) is 11.7 Å². The Labute approximate surface area is 278 Å². The Bertz CT molecular complexity index is 1680. The lowest BCUT2D eigenvalue weighted by Crippen LogP contribution is -2.65. The molecule has 0 aliphatic carbocycles. The highest BCUT2D eigenvalue weighted by molar-refractivity contribution is 6.39. The van der Waals surface area contributed by atoms with Crippen molar-refractivity contribution < 1.29 is 43.0 Å². The first kappa shape index (κ1) is 33.5. The van der Waals surface area contributed by atoms with Crippen LogP contribution in [0.1, 0.15) is 58.1 Å². The Kier molecular flexibility index (Phi) is 10.2. The maximum atomic E-state index is 13.8. The monoisotopic (exact) mass is 684 g/mol. The van der Waals surface area contributed by atoms with Crippen molar-refractivity contribution in [2.45, 2.75) is 43.7 Å². The summed E-state index contributed by atoms with van der Waals surface area (Å²) in [5.74, 6) is -5.40. The van der Waals surface area contributed by atoms with Gasteiger partial charge in [0.25, 0.3) is 11.8 Å². The molecule has 2 aliphatic rings. The predicted molar refractivity (Wildman–Crippen MR) is 166 cm³/mol. The van der Waals surface area contributed by atoms with Crippen LogP contribution in [0.3, 0.4) is 0 Å². The third-order valence-electron chi connectivity index (χ3n) is 8.20. The van der Waals surface area contributed by atoms with Gasteiger partial charge >= 0.3 is 5.97 Å². The average Bonchev–Trinajstić information content (AvgIpc) is 3.56. The first-order chi connectivity index (χ1) is 22.4. The minimum Gasteiger partial charge on any atom is -0.508 e. The van der Waals surface area contributed by atoms with Gasteiger partial charge in [0.1, 0.15) is 24.4 Å². The molecule has 3 aromatic rings. The van der Waals surface area contributed by atoms with Crippen LogP contribution in [0.4, 0.5) is 0 Å². The first-order valence-electron chi connectivity index (χ1n) is 14.6. The predicted octanol–water partition coefficient (Wildman–Crippen LogP) is 3.23. The molecule has 0 spiro atoms. The first-order valence-corrected chi connectivity index (χ1v) is 15.4. The summed E-state index contributed by atoms with van der Waals surface area (Å²) in [4.78, 5) is 78.6. The molecule has 4 atom stereocenters. The number of carbonyl (C=O) groups is 6. The molecule has 13 nitrogen and oxygen atoms in total. The molecule has 246 valence electrons. The Morgan fingerprint density at radius 2 is 1.74 bits per heavy atom. The van der Waals surface area contributed by atoms with Crippen molar-refractivity contribution >= 4 is 58.6 Å². The second-order valence-corrected chi connectivity index (χ2v) is 12.0. The number of nitrogens with one attached hydrogen (secondary N) is 1. The molecule has 3 heterocycles. The van der Waals surface area contributed by atoms with Gasteiger partial charge in [-0.3, -0.25) is 29.0 Å². The molecule has 15 heteroatoms. The summed E-state index contributed by atoms with van der Waals surface area (Å²) in [5.41, 5.74) is 6.30. The number of hydrogen-bond donors (Lipinski definition) is 3. The number of hydrogen-bond acceptors (Lipinski definition) is 9. The second-order valence-electron chi connectivity index (χ2n) is 11.2. The van der Waals surface area contributed by atoms with Crippen molar-refractivity contribution in [1.82, 2.24) is 15.3 Å². The molecule has 1 unspecified atom stereocenters. The summed E-state index contributed by atoms with van der Waals surface area (Å²) in [6, 6.07) is 11.0. The molecule has 4 amide bonds. The fourth-order valence-corrected chi connectivity index (χ4v) is 6.46. The number of phenolic OH excluding ortho intramolecular Hbond substituents is 1. The van der Waals surface area contributed by atoms with Crippen LogP contribution in [0.5, 0.6) is 5.75 Å². The van der Waals surface area contributed by atoms with Crippen molar-refractivity contribution in [1.29, 1.82) is 0 Å². The van der Waals surface area contributed by atoms with Gasteiger partial charge in [-0.05, 0) is 66.6 Å². The molecule has 0 bridgehead atoms. The molecule has 2 aromatic carbocycles. The molecule has 0 saturated carbocycles. The molecule has 0 radical (unpaired) electrons. The zero-order valence-electron chi connectivity index (χ0n) is 24.8. The number of primary amides is 1. The fourth-order valence-electron chi connectivity index (χ4n) is 5.91. The molecule has 4 N–H and O–H groups in total. The van der Waals surface area contributed by atoms with E-state index in [4.69, 9.17) is 38.1 Å². The number of benzene rings is 2. The van der Waals surface area contributed by atoms with Crippen LogP contribution in [-0.4, -0.2) is 75.7 Å². The number of nitrogens with zero attached hydrogens (tertiary/aromatic N) is 2. The highest BCUT2D eigenvalue weighted by atomic mass is 35.5. The Hall–Kier alpha value is -4.88. The fraction of sp³-hybridized carbons (Fsp3) is 0.312. The summed E-state index contributed by atoms with van der Waals surface area (Å²) in [7, 11) is 0. The van der Waals surface area contributed by atoms with Gasteiger partial charge in [-0.15, -0.1) is 0 Å². The Balaban J connectivity index is 1.38. The largest absolute Gasteiger partial charge is 0.508 e. The van der Waals surface area contributed by atoms with E-state index in [1.807, 2.05) is 0 Å². The smallest absolute Gasteiger partial charge is 0.341 e. The van der Waals surface area contributed by atoms with Crippen molar-refractivity contribution in [3.63, 3.8) is 0 Å². The normalized spacial score (nSPS) is 20.2. The van der Waals surface area contributed by atoms with E-state index in [-0.39, 0.29) is 59.3 Å². The minimum atomic E-state index is -1.29. The molecule has 5 rings (SSSR count). The van der Waals surface area contributed by atoms with Gasteiger partial charge in [0.05, 0.1) is 21.9 Å². The van der Waals surface area contributed by atoms with E-state index in [2.05, 4.69) is 5.32 Å². The molecule has 47 heavy (non-hydrogen) atoms. The Morgan fingerprint density at radius 1 is 1.04 bits per heavy atom. The molecule has 1 aromatic heterocycles. The van der Waals surface area contributed by atoms with Gasteiger partial charge in [-0.25, -0.2) is 9.80 Å². The average molecular weight is 686 g/mol. The zero-order chi connectivity index (χ0) is 33.8. The number of nitrogens with two attached hydrogens (primary N) is 1. The number of amides is 4. The highest BCUT2D eigenvalue weighted by Gasteiger charge is 2.48. The quantitative estimate of drug-likeness (QED) is 0.269. The maximum absolute atomic E-state index is 13.8. The third-order valence-corrected chi connectivity index (χ3v) is 8.83. The van der Waals surface area contributed by atoms with Gasteiger partial charge in [0.15, 0.2) is 11.5 Å². The lowest BCUT2D eigenvalue weighted by Gasteiger charge is -2.47. The number of furan rings is 1. The van der Waals surface area contributed by atoms with Gasteiger partial charge in [-0.1, -0.05) is 41.4 Å². The van der Waals surface area contributed by atoms with Crippen LogP contribution in [0.25, 0.3) is 0 Å². The second kappa shape index (κ2) is 14.3. The van der Waals surface area contributed by atoms with E-state index in [0.29, 0.717) is 5.56 Å². The number of hydrazine groups is 1. The zero-order valence-corrected chi connectivity index (χ0v) is 26.3. The van der Waals surface area contributed by atoms with Gasteiger partial charge in [0.2, 0.25) is 11.8 Å². The summed E-state index contributed by atoms with van der Waals surface area (Å²) >= 11 is 12.2. The lowest BCUT2D eigenvalue weighted by molar-refractivity contribution is -0.179. The number of rotatable bonds is 10. The molecule has 2 aliphatic heterocycles.